The van der Waals surface area contributed by atoms with Crippen molar-refractivity contribution in [1.29, 1.82) is 0 Å². The van der Waals surface area contributed by atoms with Gasteiger partial charge in [-0.3, -0.25) is 10.1 Å². The van der Waals surface area contributed by atoms with E-state index in [9.17, 15) is 23.3 Å². The monoisotopic (exact) mass is 357 g/mol. The Balaban J connectivity index is 3.31. The van der Waals surface area contributed by atoms with Gasteiger partial charge < -0.3 is 9.47 Å². The van der Waals surface area contributed by atoms with Gasteiger partial charge in [0.2, 0.25) is 0 Å². The van der Waals surface area contributed by atoms with E-state index in [1.807, 2.05) is 0 Å². The van der Waals surface area contributed by atoms with E-state index >= 15 is 0 Å². The SMILES string of the molecule is COCCOC(=O)c1cc([N+](=O)[O-])c(Cl)c(S(=O)(=O)Cl)c1. The van der Waals surface area contributed by atoms with Crippen LogP contribution in [0.2, 0.25) is 5.02 Å². The molecule has 0 saturated heterocycles. The summed E-state index contributed by atoms with van der Waals surface area (Å²) in [7, 11) is 2.16. The van der Waals surface area contributed by atoms with Gasteiger partial charge in [0.05, 0.1) is 17.1 Å². The van der Waals surface area contributed by atoms with Crippen LogP contribution >= 0.6 is 22.3 Å². The molecule has 116 valence electrons. The molecule has 0 bridgehead atoms. The Morgan fingerprint density at radius 2 is 2.00 bits per heavy atom. The molecule has 0 aliphatic rings. The van der Waals surface area contributed by atoms with E-state index in [2.05, 4.69) is 4.74 Å². The molecular weight excluding hydrogens is 349 g/mol. The number of ether oxygens (including phenoxy) is 2. The van der Waals surface area contributed by atoms with Crippen LogP contribution in [0.3, 0.4) is 0 Å². The van der Waals surface area contributed by atoms with Crippen molar-refractivity contribution in [3.05, 3.63) is 32.8 Å². The van der Waals surface area contributed by atoms with E-state index in [0.29, 0.717) is 0 Å². The van der Waals surface area contributed by atoms with Gasteiger partial charge in [0.1, 0.15) is 16.5 Å². The molecule has 0 amide bonds. The molecular formula is C10H9Cl2NO7S. The fourth-order valence-corrected chi connectivity index (χ4v) is 2.87. The molecule has 0 radical (unpaired) electrons. The van der Waals surface area contributed by atoms with Crippen molar-refractivity contribution in [1.82, 2.24) is 0 Å². The number of benzene rings is 1. The molecule has 0 N–H and O–H groups in total. The van der Waals surface area contributed by atoms with Gasteiger partial charge in [-0.15, -0.1) is 0 Å². The quantitative estimate of drug-likeness (QED) is 0.251. The summed E-state index contributed by atoms with van der Waals surface area (Å²) in [4.78, 5) is 20.9. The molecule has 11 heteroatoms. The van der Waals surface area contributed by atoms with Gasteiger partial charge in [-0.1, -0.05) is 11.6 Å². The number of hydrogen-bond donors (Lipinski definition) is 0. The van der Waals surface area contributed by atoms with Crippen molar-refractivity contribution in [3.63, 3.8) is 0 Å². The maximum Gasteiger partial charge on any atom is 0.338 e. The normalized spacial score (nSPS) is 11.2. The summed E-state index contributed by atoms with van der Waals surface area (Å²) < 4.78 is 32.1. The molecule has 0 heterocycles. The maximum atomic E-state index is 11.7. The smallest absolute Gasteiger partial charge is 0.338 e. The lowest BCUT2D eigenvalue weighted by molar-refractivity contribution is -0.384. The molecule has 21 heavy (non-hydrogen) atoms. The summed E-state index contributed by atoms with van der Waals surface area (Å²) in [5.74, 6) is -0.964. The molecule has 0 fully saturated rings. The van der Waals surface area contributed by atoms with Gasteiger partial charge in [-0.05, 0) is 6.07 Å². The first-order valence-electron chi connectivity index (χ1n) is 5.27. The molecule has 0 atom stereocenters. The van der Waals surface area contributed by atoms with Crippen LogP contribution in [-0.2, 0) is 18.5 Å². The lowest BCUT2D eigenvalue weighted by Gasteiger charge is -2.07. The van der Waals surface area contributed by atoms with Crippen LogP contribution in [0.4, 0.5) is 5.69 Å². The lowest BCUT2D eigenvalue weighted by atomic mass is 10.2. The zero-order valence-corrected chi connectivity index (χ0v) is 12.9. The zero-order chi connectivity index (χ0) is 16.2. The van der Waals surface area contributed by atoms with Gasteiger partial charge >= 0.3 is 5.97 Å². The van der Waals surface area contributed by atoms with E-state index in [0.717, 1.165) is 12.1 Å². The highest BCUT2D eigenvalue weighted by Crippen LogP contribution is 2.34. The van der Waals surface area contributed by atoms with Crippen LogP contribution in [0.25, 0.3) is 0 Å². The number of esters is 1. The highest BCUT2D eigenvalue weighted by Gasteiger charge is 2.27. The maximum absolute atomic E-state index is 11.7. The molecule has 0 aliphatic carbocycles. The molecule has 1 aromatic carbocycles. The Kier molecular flexibility index (Phi) is 5.90. The van der Waals surface area contributed by atoms with E-state index in [1.165, 1.54) is 7.11 Å². The summed E-state index contributed by atoms with van der Waals surface area (Å²) in [5, 5.41) is 10.2. The highest BCUT2D eigenvalue weighted by molar-refractivity contribution is 8.13. The average molecular weight is 358 g/mol. The number of hydrogen-bond acceptors (Lipinski definition) is 7. The first-order valence-corrected chi connectivity index (χ1v) is 7.96. The summed E-state index contributed by atoms with van der Waals surface area (Å²) >= 11 is 5.61. The van der Waals surface area contributed by atoms with Crippen LogP contribution in [0, 0.1) is 10.1 Å². The molecule has 1 aromatic rings. The van der Waals surface area contributed by atoms with E-state index in [-0.39, 0.29) is 18.8 Å². The van der Waals surface area contributed by atoms with Crippen molar-refractivity contribution in [2.45, 2.75) is 4.90 Å². The molecule has 1 rings (SSSR count). The number of methoxy groups -OCH3 is 1. The summed E-state index contributed by atoms with van der Waals surface area (Å²) in [6, 6.07) is 1.62. The Labute approximate surface area is 129 Å². The minimum Gasteiger partial charge on any atom is -0.460 e. The molecule has 0 aromatic heterocycles. The number of nitrogens with zero attached hydrogens (tertiary/aromatic N) is 1. The van der Waals surface area contributed by atoms with Gasteiger partial charge in [-0.2, -0.15) is 0 Å². The number of carbonyl (C=O) groups is 1. The fraction of sp³-hybridized carbons (Fsp3) is 0.300. The predicted molar refractivity (Wildman–Crippen MR) is 73.3 cm³/mol. The molecule has 0 unspecified atom stereocenters. The Morgan fingerprint density at radius 3 is 2.48 bits per heavy atom. The Hall–Kier alpha value is -1.42. The number of nitro groups is 1. The Bertz CT molecular complexity index is 674. The molecule has 0 aliphatic heterocycles. The Morgan fingerprint density at radius 1 is 1.38 bits per heavy atom. The summed E-state index contributed by atoms with van der Waals surface area (Å²) in [5.41, 5.74) is -1.13. The standard InChI is InChI=1S/C10H9Cl2NO7S/c1-19-2-3-20-10(14)6-4-7(13(15)16)9(11)8(5-6)21(12,17)18/h4-5H,2-3H2,1H3. The van der Waals surface area contributed by atoms with Crippen LogP contribution in [0.5, 0.6) is 0 Å². The third-order valence-corrected chi connectivity index (χ3v) is 4.09. The third-order valence-electron chi connectivity index (χ3n) is 2.24. The second-order valence-electron chi connectivity index (χ2n) is 3.63. The second kappa shape index (κ2) is 7.03. The number of halogens is 2. The van der Waals surface area contributed by atoms with Crippen LogP contribution < -0.4 is 0 Å². The largest absolute Gasteiger partial charge is 0.460 e. The highest BCUT2D eigenvalue weighted by atomic mass is 35.7. The first-order chi connectivity index (χ1) is 9.68. The second-order valence-corrected chi connectivity index (χ2v) is 6.54. The van der Waals surface area contributed by atoms with Crippen molar-refractivity contribution in [3.8, 4) is 0 Å². The van der Waals surface area contributed by atoms with E-state index in [1.54, 1.807) is 0 Å². The van der Waals surface area contributed by atoms with Crippen LogP contribution in [0.15, 0.2) is 17.0 Å². The molecule has 0 spiro atoms. The zero-order valence-electron chi connectivity index (χ0n) is 10.5. The first kappa shape index (κ1) is 17.6. The predicted octanol–water partition coefficient (Wildman–Crippen LogP) is 1.98. The van der Waals surface area contributed by atoms with Gasteiger partial charge in [-0.25, -0.2) is 13.2 Å². The van der Waals surface area contributed by atoms with Gasteiger partial charge in [0.15, 0.2) is 0 Å². The minimum atomic E-state index is -4.37. The molecule has 8 nitrogen and oxygen atoms in total. The fourth-order valence-electron chi connectivity index (χ4n) is 1.31. The van der Waals surface area contributed by atoms with Crippen molar-refractivity contribution in [2.24, 2.45) is 0 Å². The van der Waals surface area contributed by atoms with E-state index < -0.39 is 35.5 Å². The summed E-state index contributed by atoms with van der Waals surface area (Å²) in [6.07, 6.45) is 0. The van der Waals surface area contributed by atoms with Gasteiger partial charge in [0.25, 0.3) is 14.7 Å². The lowest BCUT2D eigenvalue weighted by Crippen LogP contribution is -2.11. The van der Waals surface area contributed by atoms with Crippen molar-refractivity contribution >= 4 is 43.0 Å². The van der Waals surface area contributed by atoms with Crippen LogP contribution in [0.1, 0.15) is 10.4 Å². The number of rotatable bonds is 6. The van der Waals surface area contributed by atoms with Crippen molar-refractivity contribution < 1.29 is 27.6 Å². The number of nitro benzene ring substituents is 1. The molecule has 0 saturated carbocycles. The number of carbonyl (C=O) groups excluding carboxylic acids is 1. The summed E-state index contributed by atoms with van der Waals surface area (Å²) in [6.45, 7) is 0.0107. The topological polar surface area (TPSA) is 113 Å². The van der Waals surface area contributed by atoms with Crippen molar-refractivity contribution in [2.75, 3.05) is 20.3 Å². The van der Waals surface area contributed by atoms with Crippen LogP contribution in [-0.4, -0.2) is 39.6 Å². The minimum absolute atomic E-state index is 0.102. The average Bonchev–Trinajstić information content (AvgIpc) is 2.37. The van der Waals surface area contributed by atoms with Gasteiger partial charge in [0, 0.05) is 23.9 Å². The third kappa shape index (κ3) is 4.53. The van der Waals surface area contributed by atoms with E-state index in [4.69, 9.17) is 27.0 Å².